The van der Waals surface area contributed by atoms with E-state index < -0.39 is 0 Å². The number of rotatable bonds is 0. The summed E-state index contributed by atoms with van der Waals surface area (Å²) < 4.78 is 0. The average Bonchev–Trinajstić information content (AvgIpc) is 1.25. The van der Waals surface area contributed by atoms with E-state index in [1.165, 1.54) is 0 Å². The molecule has 0 N–H and O–H groups in total. The maximum Gasteiger partial charge on any atom is 2.00 e. The molecule has 9 heavy (non-hydrogen) atoms. The quantitative estimate of drug-likeness (QED) is 0.391. The predicted molar refractivity (Wildman–Crippen MR) is 38.3 cm³/mol. The van der Waals surface area contributed by atoms with Gasteiger partial charge in [-0.1, -0.05) is 27.7 Å². The van der Waals surface area contributed by atoms with Gasteiger partial charge in [-0.15, -0.1) is 0 Å². The van der Waals surface area contributed by atoms with Gasteiger partial charge in [0, 0.05) is 0 Å². The van der Waals surface area contributed by atoms with E-state index in [0.29, 0.717) is 0 Å². The summed E-state index contributed by atoms with van der Waals surface area (Å²) in [6.45, 7) is 17.5. The second-order valence-electron chi connectivity index (χ2n) is 2.15. The Morgan fingerprint density at radius 2 is 0.778 bits per heavy atom. The van der Waals surface area contributed by atoms with Crippen LogP contribution in [0.5, 0.6) is 0 Å². The van der Waals surface area contributed by atoms with Crippen LogP contribution in [0.3, 0.4) is 0 Å². The van der Waals surface area contributed by atoms with Gasteiger partial charge in [0.15, 0.2) is 0 Å². The zero-order chi connectivity index (χ0) is 7.15. The molecule has 0 aromatic heterocycles. The van der Waals surface area contributed by atoms with Crippen LogP contribution in [-0.2, 0) is 17.1 Å². The van der Waals surface area contributed by atoms with Crippen LogP contribution in [0.1, 0.15) is 27.7 Å². The van der Waals surface area contributed by atoms with Gasteiger partial charge in [0.1, 0.15) is 0 Å². The minimum Gasteiger partial charge on any atom is -0.515 e. The molecule has 57 valence electrons. The van der Waals surface area contributed by atoms with Crippen molar-refractivity contribution in [3.8, 4) is 0 Å². The Morgan fingerprint density at radius 1 is 0.778 bits per heavy atom. The summed E-state index contributed by atoms with van der Waals surface area (Å²) in [5.74, 6) is 0. The zero-order valence-corrected chi connectivity index (χ0v) is 7.40. The fourth-order valence-electron chi connectivity index (χ4n) is 0. The summed E-state index contributed by atoms with van der Waals surface area (Å²) in [5, 5.41) is 0. The third kappa shape index (κ3) is 1070000000. The monoisotopic (exact) mass is 173 g/mol. The molecule has 0 bridgehead atoms. The first-order chi connectivity index (χ1) is 3.46. The first kappa shape index (κ1) is 16.0. The normalized spacial score (nSPS) is 5.78. The van der Waals surface area contributed by atoms with Crippen molar-refractivity contribution in [2.24, 2.45) is 0 Å². The van der Waals surface area contributed by atoms with E-state index in [0.717, 1.165) is 11.1 Å². The molecule has 0 nitrogen and oxygen atoms in total. The van der Waals surface area contributed by atoms with Crippen molar-refractivity contribution in [2.75, 3.05) is 0 Å². The molecule has 0 aromatic rings. The van der Waals surface area contributed by atoms with Crippen molar-refractivity contribution >= 4 is 0 Å². The second-order valence-corrected chi connectivity index (χ2v) is 2.15. The molecule has 0 fully saturated rings. The third-order valence-corrected chi connectivity index (χ3v) is 0. The Labute approximate surface area is 69.5 Å². The SMILES string of the molecule is [CH-]=C(C)C.[CH-]=C(C)C.[Cu+2]. The Hall–Kier alpha value is -0.000519. The molecular weight excluding hydrogens is 160 g/mol. The van der Waals surface area contributed by atoms with Crippen LogP contribution in [0, 0.1) is 13.2 Å². The number of allylic oxidation sites excluding steroid dienone is 2. The summed E-state index contributed by atoms with van der Waals surface area (Å²) in [7, 11) is 0. The molecule has 1 radical (unpaired) electrons. The van der Waals surface area contributed by atoms with Crippen LogP contribution >= 0.6 is 0 Å². The number of hydrogen-bond donors (Lipinski definition) is 0. The summed E-state index contributed by atoms with van der Waals surface area (Å²) in [4.78, 5) is 0. The molecule has 0 aliphatic rings. The van der Waals surface area contributed by atoms with E-state index in [2.05, 4.69) is 0 Å². The van der Waals surface area contributed by atoms with Gasteiger partial charge in [-0.05, 0) is 0 Å². The first-order valence-corrected chi connectivity index (χ1v) is 2.58. The second kappa shape index (κ2) is 10.9. The third-order valence-electron chi connectivity index (χ3n) is 0. The van der Waals surface area contributed by atoms with Crippen LogP contribution in [-0.4, -0.2) is 0 Å². The Morgan fingerprint density at radius 3 is 0.778 bits per heavy atom. The maximum atomic E-state index is 5.03. The molecule has 0 rings (SSSR count). The maximum absolute atomic E-state index is 5.03. The standard InChI is InChI=1S/2C4H7.Cu/c2*1-4(2)3;/h2*1H,2-3H3;/q2*-1;+2. The molecule has 0 atom stereocenters. The Balaban J connectivity index is -0.0000000720. The van der Waals surface area contributed by atoms with Crippen molar-refractivity contribution in [1.82, 2.24) is 0 Å². The van der Waals surface area contributed by atoms with Crippen molar-refractivity contribution in [2.45, 2.75) is 27.7 Å². The van der Waals surface area contributed by atoms with Crippen LogP contribution < -0.4 is 0 Å². The van der Waals surface area contributed by atoms with Gasteiger partial charge >= 0.3 is 17.1 Å². The van der Waals surface area contributed by atoms with Crippen molar-refractivity contribution < 1.29 is 17.1 Å². The van der Waals surface area contributed by atoms with Gasteiger partial charge in [0.25, 0.3) is 0 Å². The molecule has 0 amide bonds. The van der Waals surface area contributed by atoms with E-state index in [1.807, 2.05) is 27.7 Å². The average molecular weight is 174 g/mol. The predicted octanol–water partition coefficient (Wildman–Crippen LogP) is 2.77. The Bertz CT molecular complexity index is 62.6. The summed E-state index contributed by atoms with van der Waals surface area (Å²) >= 11 is 0. The molecule has 0 saturated carbocycles. The van der Waals surface area contributed by atoms with Crippen molar-refractivity contribution in [3.63, 3.8) is 0 Å². The van der Waals surface area contributed by atoms with Crippen molar-refractivity contribution in [1.29, 1.82) is 0 Å². The van der Waals surface area contributed by atoms with Crippen LogP contribution in [0.25, 0.3) is 0 Å². The fourth-order valence-corrected chi connectivity index (χ4v) is 0. The minimum absolute atomic E-state index is 0. The van der Waals surface area contributed by atoms with Crippen LogP contribution in [0.15, 0.2) is 11.1 Å². The van der Waals surface area contributed by atoms with E-state index >= 15 is 0 Å². The van der Waals surface area contributed by atoms with E-state index in [1.54, 1.807) is 0 Å². The molecule has 1 heteroatoms. The van der Waals surface area contributed by atoms with Gasteiger partial charge in [0.2, 0.25) is 0 Å². The van der Waals surface area contributed by atoms with E-state index in [-0.39, 0.29) is 17.1 Å². The molecule has 0 spiro atoms. The van der Waals surface area contributed by atoms with Crippen molar-refractivity contribution in [3.05, 3.63) is 24.3 Å². The minimum atomic E-state index is 0. The smallest absolute Gasteiger partial charge is 0.515 e. The largest absolute Gasteiger partial charge is 2.00 e. The Kier molecular flexibility index (Phi) is 19.4. The van der Waals surface area contributed by atoms with E-state index in [4.69, 9.17) is 13.2 Å². The van der Waals surface area contributed by atoms with Gasteiger partial charge in [0.05, 0.1) is 0 Å². The zero-order valence-electron chi connectivity index (χ0n) is 6.46. The van der Waals surface area contributed by atoms with Gasteiger partial charge < -0.3 is 13.2 Å². The van der Waals surface area contributed by atoms with Crippen LogP contribution in [0.4, 0.5) is 0 Å². The van der Waals surface area contributed by atoms with Gasteiger partial charge in [-0.3, -0.25) is 11.1 Å². The summed E-state index contributed by atoms with van der Waals surface area (Å²) in [5.41, 5.74) is 1.83. The van der Waals surface area contributed by atoms with E-state index in [9.17, 15) is 0 Å². The molecular formula is C8H14Cu. The molecule has 0 saturated heterocycles. The summed E-state index contributed by atoms with van der Waals surface area (Å²) in [6.07, 6.45) is 0. The summed E-state index contributed by atoms with van der Waals surface area (Å²) in [6, 6.07) is 0. The topological polar surface area (TPSA) is 0 Å². The van der Waals surface area contributed by atoms with Crippen LogP contribution in [0.2, 0.25) is 0 Å². The first-order valence-electron chi connectivity index (χ1n) is 2.58. The fraction of sp³-hybridized carbons (Fsp3) is 0.500. The molecule has 0 aliphatic carbocycles. The van der Waals surface area contributed by atoms with Gasteiger partial charge in [-0.2, -0.15) is 0 Å². The number of hydrogen-bond acceptors (Lipinski definition) is 0. The molecule has 0 heterocycles. The molecule has 0 aliphatic heterocycles. The van der Waals surface area contributed by atoms with Gasteiger partial charge in [-0.25, -0.2) is 0 Å². The molecule has 0 aromatic carbocycles. The molecule has 0 unspecified atom stereocenters.